The molecule has 0 aliphatic carbocycles. The van der Waals surface area contributed by atoms with Gasteiger partial charge in [-0.05, 0) is 0 Å². The summed E-state index contributed by atoms with van der Waals surface area (Å²) in [7, 11) is 0. The monoisotopic (exact) mass is 278 g/mol. The van der Waals surface area contributed by atoms with Crippen LogP contribution in [0.2, 0.25) is 0 Å². The Balaban J connectivity index is 2.30. The lowest BCUT2D eigenvalue weighted by molar-refractivity contribution is -0.137. The Bertz CT molecular complexity index is 796. The highest BCUT2D eigenvalue weighted by Crippen LogP contribution is 2.25. The molecule has 0 saturated heterocycles. The number of aromatic amines is 1. The maximum Gasteiger partial charge on any atom is 0.323 e. The summed E-state index contributed by atoms with van der Waals surface area (Å²) in [4.78, 5) is 15.1. The van der Waals surface area contributed by atoms with Crippen LogP contribution in [0.15, 0.2) is 24.5 Å². The highest BCUT2D eigenvalue weighted by molar-refractivity contribution is 5.82. The van der Waals surface area contributed by atoms with Gasteiger partial charge in [-0.15, -0.1) is 0 Å². The topological polar surface area (TPSA) is 83.8 Å². The Morgan fingerprint density at radius 1 is 1.35 bits per heavy atom. The molecule has 0 bridgehead atoms. The van der Waals surface area contributed by atoms with Crippen LogP contribution in [-0.2, 0) is 11.3 Å². The lowest BCUT2D eigenvalue weighted by Crippen LogP contribution is -2.10. The first-order valence-electron chi connectivity index (χ1n) is 5.62. The number of carboxylic acids is 1. The van der Waals surface area contributed by atoms with Gasteiger partial charge in [-0.3, -0.25) is 9.89 Å². The van der Waals surface area contributed by atoms with Crippen molar-refractivity contribution in [2.24, 2.45) is 0 Å². The van der Waals surface area contributed by atoms with Gasteiger partial charge in [-0.1, -0.05) is 0 Å². The molecule has 1 aromatic carbocycles. The molecule has 0 amide bonds. The van der Waals surface area contributed by atoms with E-state index in [0.717, 1.165) is 12.1 Å². The molecule has 0 aliphatic rings. The summed E-state index contributed by atoms with van der Waals surface area (Å²) in [6.07, 6.45) is 2.97. The van der Waals surface area contributed by atoms with Crippen molar-refractivity contribution in [1.29, 1.82) is 0 Å². The molecule has 2 aromatic heterocycles. The number of aromatic nitrogens is 4. The van der Waals surface area contributed by atoms with E-state index in [1.807, 2.05) is 0 Å². The lowest BCUT2D eigenvalue weighted by Gasteiger charge is -2.04. The molecule has 8 heteroatoms. The average Bonchev–Trinajstić information content (AvgIpc) is 2.99. The molecule has 0 spiro atoms. The second-order valence-corrected chi connectivity index (χ2v) is 4.16. The first-order valence-corrected chi connectivity index (χ1v) is 5.62. The SMILES string of the molecule is O=C(O)Cn1c(-c2cn[nH]c2)nc2cc(F)c(F)cc21. The smallest absolute Gasteiger partial charge is 0.323 e. The molecule has 6 nitrogen and oxygen atoms in total. The summed E-state index contributed by atoms with van der Waals surface area (Å²) in [6.45, 7) is -0.415. The minimum absolute atomic E-state index is 0.182. The number of hydrogen-bond acceptors (Lipinski definition) is 3. The largest absolute Gasteiger partial charge is 0.480 e. The molecule has 20 heavy (non-hydrogen) atoms. The molecule has 0 unspecified atom stereocenters. The van der Waals surface area contributed by atoms with Crippen molar-refractivity contribution in [2.45, 2.75) is 6.54 Å². The van der Waals surface area contributed by atoms with Crippen LogP contribution in [0.5, 0.6) is 0 Å². The second kappa shape index (κ2) is 4.41. The quantitative estimate of drug-likeness (QED) is 0.765. The molecular formula is C12H8F2N4O2. The molecular weight excluding hydrogens is 270 g/mol. The fourth-order valence-corrected chi connectivity index (χ4v) is 2.01. The Labute approximate surface area is 110 Å². The lowest BCUT2D eigenvalue weighted by atomic mass is 10.3. The number of benzene rings is 1. The van der Waals surface area contributed by atoms with Gasteiger partial charge >= 0.3 is 5.97 Å². The highest BCUT2D eigenvalue weighted by atomic mass is 19.2. The van der Waals surface area contributed by atoms with Gasteiger partial charge in [-0.2, -0.15) is 5.10 Å². The molecule has 0 aliphatic heterocycles. The molecule has 0 fully saturated rings. The van der Waals surface area contributed by atoms with Crippen molar-refractivity contribution in [3.63, 3.8) is 0 Å². The van der Waals surface area contributed by atoms with Crippen molar-refractivity contribution in [3.05, 3.63) is 36.2 Å². The fourth-order valence-electron chi connectivity index (χ4n) is 2.01. The minimum atomic E-state index is -1.11. The molecule has 0 saturated carbocycles. The maximum absolute atomic E-state index is 13.3. The van der Waals surface area contributed by atoms with Crippen LogP contribution >= 0.6 is 0 Å². The first kappa shape index (κ1) is 12.3. The van der Waals surface area contributed by atoms with Crippen LogP contribution in [0.25, 0.3) is 22.4 Å². The van der Waals surface area contributed by atoms with Crippen LogP contribution in [0.3, 0.4) is 0 Å². The zero-order valence-electron chi connectivity index (χ0n) is 9.97. The zero-order valence-corrected chi connectivity index (χ0v) is 9.97. The van der Waals surface area contributed by atoms with E-state index in [1.165, 1.54) is 17.0 Å². The summed E-state index contributed by atoms with van der Waals surface area (Å²) in [6, 6.07) is 1.87. The van der Waals surface area contributed by atoms with E-state index in [-0.39, 0.29) is 16.9 Å². The third-order valence-corrected chi connectivity index (χ3v) is 2.84. The number of rotatable bonds is 3. The van der Waals surface area contributed by atoms with E-state index in [0.29, 0.717) is 5.56 Å². The zero-order chi connectivity index (χ0) is 14.3. The molecule has 0 radical (unpaired) electrons. The number of imidazole rings is 1. The summed E-state index contributed by atoms with van der Waals surface area (Å²) in [5.74, 6) is -2.92. The van der Waals surface area contributed by atoms with Crippen molar-refractivity contribution < 1.29 is 18.7 Å². The van der Waals surface area contributed by atoms with Gasteiger partial charge < -0.3 is 9.67 Å². The van der Waals surface area contributed by atoms with Crippen molar-refractivity contribution in [3.8, 4) is 11.4 Å². The van der Waals surface area contributed by atoms with Gasteiger partial charge in [0.25, 0.3) is 0 Å². The number of carboxylic acid groups (broad SMARTS) is 1. The van der Waals surface area contributed by atoms with Gasteiger partial charge in [-0.25, -0.2) is 13.8 Å². The molecule has 0 atom stereocenters. The minimum Gasteiger partial charge on any atom is -0.480 e. The van der Waals surface area contributed by atoms with E-state index >= 15 is 0 Å². The van der Waals surface area contributed by atoms with Gasteiger partial charge in [0.15, 0.2) is 11.6 Å². The van der Waals surface area contributed by atoms with E-state index in [9.17, 15) is 13.6 Å². The van der Waals surface area contributed by atoms with Gasteiger partial charge in [0.2, 0.25) is 0 Å². The Kier molecular flexibility index (Phi) is 2.70. The molecule has 2 N–H and O–H groups in total. The number of H-pyrrole nitrogens is 1. The van der Waals surface area contributed by atoms with Crippen molar-refractivity contribution in [2.75, 3.05) is 0 Å². The first-order chi connectivity index (χ1) is 9.56. The van der Waals surface area contributed by atoms with Crippen LogP contribution in [-0.4, -0.2) is 30.8 Å². The fraction of sp³-hybridized carbons (Fsp3) is 0.0833. The summed E-state index contributed by atoms with van der Waals surface area (Å²) in [5.41, 5.74) is 0.923. The van der Waals surface area contributed by atoms with E-state index in [4.69, 9.17) is 5.11 Å². The van der Waals surface area contributed by atoms with Crippen LogP contribution in [0.1, 0.15) is 0 Å². The number of halogens is 2. The number of nitrogens with zero attached hydrogens (tertiary/aromatic N) is 3. The van der Waals surface area contributed by atoms with Crippen LogP contribution in [0.4, 0.5) is 8.78 Å². The van der Waals surface area contributed by atoms with E-state index in [1.54, 1.807) is 0 Å². The van der Waals surface area contributed by atoms with Crippen molar-refractivity contribution in [1.82, 2.24) is 19.7 Å². The predicted molar refractivity (Wildman–Crippen MR) is 64.9 cm³/mol. The third kappa shape index (κ3) is 1.91. The number of aliphatic carboxylic acids is 1. The predicted octanol–water partition coefficient (Wildman–Crippen LogP) is 1.79. The Hall–Kier alpha value is -2.77. The average molecular weight is 278 g/mol. The van der Waals surface area contributed by atoms with Crippen molar-refractivity contribution >= 4 is 17.0 Å². The van der Waals surface area contributed by atoms with E-state index < -0.39 is 24.1 Å². The second-order valence-electron chi connectivity index (χ2n) is 4.16. The van der Waals surface area contributed by atoms with Crippen LogP contribution in [0, 0.1) is 11.6 Å². The summed E-state index contributed by atoms with van der Waals surface area (Å²) >= 11 is 0. The number of carbonyl (C=O) groups is 1. The molecule has 2 heterocycles. The third-order valence-electron chi connectivity index (χ3n) is 2.84. The number of nitrogens with one attached hydrogen (secondary N) is 1. The normalized spacial score (nSPS) is 11.1. The van der Waals surface area contributed by atoms with Gasteiger partial charge in [0, 0.05) is 18.3 Å². The Morgan fingerprint density at radius 2 is 2.10 bits per heavy atom. The summed E-state index contributed by atoms with van der Waals surface area (Å²) < 4.78 is 27.9. The van der Waals surface area contributed by atoms with Crippen LogP contribution < -0.4 is 0 Å². The van der Waals surface area contributed by atoms with Gasteiger partial charge in [0.05, 0.1) is 22.8 Å². The Morgan fingerprint density at radius 3 is 2.75 bits per heavy atom. The maximum atomic E-state index is 13.3. The molecule has 3 rings (SSSR count). The van der Waals surface area contributed by atoms with E-state index in [2.05, 4.69) is 15.2 Å². The molecule has 102 valence electrons. The number of hydrogen-bond donors (Lipinski definition) is 2. The number of fused-ring (bicyclic) bond motifs is 1. The standard InChI is InChI=1S/C12H8F2N4O2/c13-7-1-9-10(2-8(7)14)18(5-11(19)20)12(17-9)6-3-15-16-4-6/h1-4H,5H2,(H,15,16)(H,19,20). The van der Waals surface area contributed by atoms with Gasteiger partial charge in [0.1, 0.15) is 12.4 Å². The highest BCUT2D eigenvalue weighted by Gasteiger charge is 2.17. The molecule has 3 aromatic rings. The summed E-state index contributed by atoms with van der Waals surface area (Å²) in [5, 5.41) is 15.3.